The zero-order valence-electron chi connectivity index (χ0n) is 10.4. The molecule has 0 fully saturated rings. The van der Waals surface area contributed by atoms with Gasteiger partial charge in [-0.1, -0.05) is 40.0 Å². The van der Waals surface area contributed by atoms with E-state index in [2.05, 4.69) is 41.5 Å². The molecule has 0 atom stereocenters. The molecule has 0 aliphatic carbocycles. The van der Waals surface area contributed by atoms with Gasteiger partial charge in [0.05, 0.1) is 0 Å². The van der Waals surface area contributed by atoms with Crippen LogP contribution in [0.5, 0.6) is 0 Å². The zero-order valence-corrected chi connectivity index (χ0v) is 12.8. The molecule has 0 saturated carbocycles. The van der Waals surface area contributed by atoms with Crippen molar-refractivity contribution in [2.45, 2.75) is 59.3 Å². The third kappa shape index (κ3) is 122. The normalized spacial score (nSPS) is 6.43. The van der Waals surface area contributed by atoms with E-state index in [0.29, 0.717) is 0 Å². The van der Waals surface area contributed by atoms with Gasteiger partial charge in [0.25, 0.3) is 0 Å². The maximum atomic E-state index is 3.60. The molecule has 14 heavy (non-hydrogen) atoms. The van der Waals surface area contributed by atoms with Crippen LogP contribution in [0.4, 0.5) is 0 Å². The molecular formula is C12H29OZr. The van der Waals surface area contributed by atoms with E-state index in [9.17, 15) is 0 Å². The minimum absolute atomic E-state index is 0. The molecule has 0 aromatic rings. The SMILES string of the molecule is O.[CH2-]CCC.[CH2-]CCC.[CH2-]CCC.[Zr+3]. The average molecular weight is 281 g/mol. The summed E-state index contributed by atoms with van der Waals surface area (Å²) in [7, 11) is 0. The van der Waals surface area contributed by atoms with E-state index in [1.54, 1.807) is 0 Å². The predicted octanol–water partition coefficient (Wildman–Crippen LogP) is 4.03. The standard InChI is InChI=1S/3C4H9.H2O.Zr/c3*1-3-4-2;;/h3*1,3-4H2,2H3;1H2;/q3*-1;;+3. The Morgan fingerprint density at radius 3 is 0.714 bits per heavy atom. The second kappa shape index (κ2) is 48.8. The molecule has 1 radical (unpaired) electrons. The molecular weight excluding hydrogens is 251 g/mol. The summed E-state index contributed by atoms with van der Waals surface area (Å²) in [5, 5.41) is 0. The summed E-state index contributed by atoms with van der Waals surface area (Å²) in [5.41, 5.74) is 0. The van der Waals surface area contributed by atoms with Crippen LogP contribution in [0.25, 0.3) is 0 Å². The quantitative estimate of drug-likeness (QED) is 0.699. The molecule has 1 nitrogen and oxygen atoms in total. The molecule has 87 valence electrons. The fourth-order valence-corrected chi connectivity index (χ4v) is 0. The van der Waals surface area contributed by atoms with Crippen molar-refractivity contribution < 1.29 is 31.7 Å². The molecule has 0 aliphatic rings. The number of unbranched alkanes of at least 4 members (excludes halogenated alkanes) is 3. The predicted molar refractivity (Wildman–Crippen MR) is 64.4 cm³/mol. The van der Waals surface area contributed by atoms with Crippen LogP contribution in [0, 0.1) is 20.8 Å². The van der Waals surface area contributed by atoms with Gasteiger partial charge in [0.2, 0.25) is 0 Å². The summed E-state index contributed by atoms with van der Waals surface area (Å²) >= 11 is 0. The summed E-state index contributed by atoms with van der Waals surface area (Å²) in [4.78, 5) is 0. The van der Waals surface area contributed by atoms with Crippen LogP contribution in [0.1, 0.15) is 59.3 Å². The first-order chi connectivity index (χ1) is 5.74. The Bertz CT molecular complexity index is 25.8. The van der Waals surface area contributed by atoms with Crippen molar-refractivity contribution in [2.75, 3.05) is 0 Å². The van der Waals surface area contributed by atoms with E-state index in [-0.39, 0.29) is 31.7 Å². The van der Waals surface area contributed by atoms with Crippen molar-refractivity contribution in [1.82, 2.24) is 0 Å². The Labute approximate surface area is 111 Å². The molecule has 0 unspecified atom stereocenters. The van der Waals surface area contributed by atoms with E-state index in [4.69, 9.17) is 0 Å². The van der Waals surface area contributed by atoms with Crippen LogP contribution < -0.4 is 0 Å². The molecule has 0 spiro atoms. The van der Waals surface area contributed by atoms with Crippen molar-refractivity contribution in [3.63, 3.8) is 0 Å². The molecule has 0 bridgehead atoms. The summed E-state index contributed by atoms with van der Waals surface area (Å²) in [6.45, 7) is 17.2. The van der Waals surface area contributed by atoms with Crippen molar-refractivity contribution in [1.29, 1.82) is 0 Å². The van der Waals surface area contributed by atoms with Gasteiger partial charge in [0.15, 0.2) is 0 Å². The van der Waals surface area contributed by atoms with Crippen LogP contribution in [0.2, 0.25) is 0 Å². The molecule has 0 heterocycles. The topological polar surface area (TPSA) is 31.5 Å². The van der Waals surface area contributed by atoms with Crippen LogP contribution in [0.15, 0.2) is 0 Å². The summed E-state index contributed by atoms with van der Waals surface area (Å²) in [6.07, 6.45) is 6.83. The van der Waals surface area contributed by atoms with Crippen molar-refractivity contribution in [3.05, 3.63) is 20.8 Å². The van der Waals surface area contributed by atoms with Crippen molar-refractivity contribution in [3.8, 4) is 0 Å². The maximum Gasteiger partial charge on any atom is 3.00 e. The first kappa shape index (κ1) is 29.4. The number of rotatable bonds is 3. The second-order valence-electron chi connectivity index (χ2n) is 2.56. The Hall–Kier alpha value is 0.843. The van der Waals surface area contributed by atoms with Gasteiger partial charge >= 0.3 is 26.2 Å². The van der Waals surface area contributed by atoms with Gasteiger partial charge < -0.3 is 26.2 Å². The van der Waals surface area contributed by atoms with Crippen LogP contribution >= 0.6 is 0 Å². The first-order valence-corrected chi connectivity index (χ1v) is 5.12. The van der Waals surface area contributed by atoms with E-state index in [1.165, 1.54) is 19.3 Å². The fourth-order valence-electron chi connectivity index (χ4n) is 0. The molecule has 2 N–H and O–H groups in total. The zero-order chi connectivity index (χ0) is 10.2. The molecule has 0 saturated heterocycles. The molecule has 0 aromatic carbocycles. The van der Waals surface area contributed by atoms with Gasteiger partial charge in [-0.2, -0.15) is 19.3 Å². The van der Waals surface area contributed by atoms with Gasteiger partial charge in [0, 0.05) is 0 Å². The molecule has 0 amide bonds. The summed E-state index contributed by atoms with van der Waals surface area (Å²) in [6, 6.07) is 0. The summed E-state index contributed by atoms with van der Waals surface area (Å²) < 4.78 is 0. The monoisotopic (exact) mass is 279 g/mol. The van der Waals surface area contributed by atoms with Crippen molar-refractivity contribution >= 4 is 0 Å². The molecule has 0 rings (SSSR count). The van der Waals surface area contributed by atoms with Gasteiger partial charge in [-0.05, 0) is 0 Å². The van der Waals surface area contributed by atoms with Crippen LogP contribution in [0.3, 0.4) is 0 Å². The molecule has 2 heteroatoms. The van der Waals surface area contributed by atoms with Crippen LogP contribution in [-0.2, 0) is 26.2 Å². The van der Waals surface area contributed by atoms with Crippen LogP contribution in [-0.4, -0.2) is 5.48 Å². The Morgan fingerprint density at radius 2 is 0.714 bits per heavy atom. The third-order valence-electron chi connectivity index (χ3n) is 1.06. The first-order valence-electron chi connectivity index (χ1n) is 5.12. The Kier molecular flexibility index (Phi) is 102. The van der Waals surface area contributed by atoms with Gasteiger partial charge in [-0.25, -0.2) is 0 Å². The minimum atomic E-state index is 0. The van der Waals surface area contributed by atoms with Gasteiger partial charge in [-0.15, -0.1) is 0 Å². The average Bonchev–Trinajstić information content (AvgIpc) is 2.18. The third-order valence-corrected chi connectivity index (χ3v) is 1.06. The maximum absolute atomic E-state index is 3.60. The number of hydrogen-bond acceptors (Lipinski definition) is 0. The number of hydrogen-bond donors (Lipinski definition) is 0. The van der Waals surface area contributed by atoms with E-state index in [0.717, 1.165) is 19.3 Å². The molecule has 0 aliphatic heterocycles. The summed E-state index contributed by atoms with van der Waals surface area (Å²) in [5.74, 6) is 0. The molecule has 0 aromatic heterocycles. The van der Waals surface area contributed by atoms with E-state index >= 15 is 0 Å². The smallest absolute Gasteiger partial charge is 0.412 e. The second-order valence-corrected chi connectivity index (χ2v) is 2.56. The largest absolute Gasteiger partial charge is 3.00 e. The minimum Gasteiger partial charge on any atom is -0.412 e. The van der Waals surface area contributed by atoms with E-state index < -0.39 is 0 Å². The Balaban J connectivity index is -0.0000000270. The van der Waals surface area contributed by atoms with E-state index in [1.807, 2.05) is 0 Å². The van der Waals surface area contributed by atoms with Gasteiger partial charge in [-0.3, -0.25) is 0 Å². The fraction of sp³-hybridized carbons (Fsp3) is 0.750. The Morgan fingerprint density at radius 1 is 0.643 bits per heavy atom. The van der Waals surface area contributed by atoms with Gasteiger partial charge in [0.1, 0.15) is 0 Å². The van der Waals surface area contributed by atoms with Crippen molar-refractivity contribution in [2.24, 2.45) is 0 Å².